The maximum absolute atomic E-state index is 12.8. The summed E-state index contributed by atoms with van der Waals surface area (Å²) in [7, 11) is 1.34. The molecule has 1 aliphatic carbocycles. The minimum absolute atomic E-state index is 0.186. The average molecular weight is 409 g/mol. The topological polar surface area (TPSA) is 94.2 Å². The highest BCUT2D eigenvalue weighted by Crippen LogP contribution is 2.59. The number of hydrogen-bond donors (Lipinski definition) is 0. The number of esters is 2. The van der Waals surface area contributed by atoms with Crippen LogP contribution < -0.4 is 0 Å². The molecule has 0 amide bonds. The van der Waals surface area contributed by atoms with Crippen molar-refractivity contribution in [1.29, 1.82) is 5.26 Å². The molecule has 158 valence electrons. The van der Waals surface area contributed by atoms with Crippen LogP contribution in [0, 0.1) is 22.7 Å². The highest BCUT2D eigenvalue weighted by atomic mass is 16.6. The maximum Gasteiger partial charge on any atom is 0.326 e. The first kappa shape index (κ1) is 21.6. The highest BCUT2D eigenvalue weighted by Gasteiger charge is 2.65. The number of carbonyl (C=O) groups excluding carboxylic acids is 2. The summed E-state index contributed by atoms with van der Waals surface area (Å²) in [6.45, 7) is 6.84. The number of carbonyl (C=O) groups is 2. The van der Waals surface area contributed by atoms with E-state index < -0.39 is 28.4 Å². The Morgan fingerprint density at radius 1 is 1.27 bits per heavy atom. The van der Waals surface area contributed by atoms with Crippen LogP contribution in [-0.2, 0) is 24.5 Å². The summed E-state index contributed by atoms with van der Waals surface area (Å²) in [5.74, 6) is -1.24. The Morgan fingerprint density at radius 3 is 2.50 bits per heavy atom. The third-order valence-corrected chi connectivity index (χ3v) is 5.50. The minimum Gasteiger partial charge on any atom is -0.468 e. The molecule has 1 saturated carbocycles. The molecule has 1 aromatic carbocycles. The molecule has 3 rings (SSSR count). The summed E-state index contributed by atoms with van der Waals surface area (Å²) < 4.78 is 12.4. The summed E-state index contributed by atoms with van der Waals surface area (Å²) in [4.78, 5) is 29.9. The monoisotopic (exact) mass is 409 g/mol. The Labute approximate surface area is 176 Å². The van der Waals surface area contributed by atoms with Crippen LogP contribution in [0.3, 0.4) is 0 Å². The van der Waals surface area contributed by atoms with Gasteiger partial charge in [-0.15, -0.1) is 0 Å². The molecule has 7 nitrogen and oxygen atoms in total. The van der Waals surface area contributed by atoms with E-state index in [9.17, 15) is 14.9 Å². The maximum atomic E-state index is 12.8. The number of nitrogens with zero attached hydrogens (tertiary/aromatic N) is 3. The van der Waals surface area contributed by atoms with Crippen molar-refractivity contribution in [3.05, 3.63) is 48.5 Å². The first-order valence-electron chi connectivity index (χ1n) is 9.89. The van der Waals surface area contributed by atoms with Gasteiger partial charge >= 0.3 is 11.9 Å². The van der Waals surface area contributed by atoms with Gasteiger partial charge in [-0.25, -0.2) is 4.98 Å². The standard InChI is InChI=1S/C23H27N3O4/c1-21(2,3)30-19(27)22(4,14-24)11-16-12-23(16,20(28)29-5)18-13-26(15-25-18)17-9-7-6-8-10-17/h6-10,13,15-16H,11-12H2,1-5H3/t16-,22?,23+/m0/s1. The molecule has 0 N–H and O–H groups in total. The van der Waals surface area contributed by atoms with Crippen LogP contribution in [0.15, 0.2) is 42.9 Å². The molecular weight excluding hydrogens is 382 g/mol. The predicted octanol–water partition coefficient (Wildman–Crippen LogP) is 3.56. The van der Waals surface area contributed by atoms with Crippen molar-refractivity contribution in [2.45, 2.75) is 51.6 Å². The summed E-state index contributed by atoms with van der Waals surface area (Å²) in [5.41, 5.74) is -1.53. The first-order valence-corrected chi connectivity index (χ1v) is 9.89. The predicted molar refractivity (Wildman–Crippen MR) is 110 cm³/mol. The molecule has 0 spiro atoms. The lowest BCUT2D eigenvalue weighted by molar-refractivity contribution is -0.164. The lowest BCUT2D eigenvalue weighted by Gasteiger charge is -2.27. The molecule has 2 aromatic rings. The summed E-state index contributed by atoms with van der Waals surface area (Å²) in [5, 5.41) is 9.73. The van der Waals surface area contributed by atoms with Crippen molar-refractivity contribution in [2.24, 2.45) is 11.3 Å². The van der Waals surface area contributed by atoms with Gasteiger partial charge in [0, 0.05) is 11.9 Å². The van der Waals surface area contributed by atoms with Gasteiger partial charge in [-0.3, -0.25) is 9.59 Å². The van der Waals surface area contributed by atoms with E-state index in [2.05, 4.69) is 11.1 Å². The van der Waals surface area contributed by atoms with Gasteiger partial charge in [0.25, 0.3) is 0 Å². The molecule has 0 aliphatic heterocycles. The summed E-state index contributed by atoms with van der Waals surface area (Å²) >= 11 is 0. The van der Waals surface area contributed by atoms with Gasteiger partial charge in [0.2, 0.25) is 0 Å². The molecule has 3 atom stereocenters. The second-order valence-corrected chi connectivity index (χ2v) is 9.02. The second-order valence-electron chi connectivity index (χ2n) is 9.02. The van der Waals surface area contributed by atoms with Gasteiger partial charge in [0.1, 0.15) is 11.0 Å². The van der Waals surface area contributed by atoms with Crippen LogP contribution in [0.2, 0.25) is 0 Å². The summed E-state index contributed by atoms with van der Waals surface area (Å²) in [6.07, 6.45) is 4.11. The SMILES string of the molecule is COC(=O)[C@]1(c2cn(-c3ccccc3)cn2)C[C@@H]1CC(C)(C#N)C(=O)OC(C)(C)C. The lowest BCUT2D eigenvalue weighted by Crippen LogP contribution is -2.36. The van der Waals surface area contributed by atoms with E-state index in [0.29, 0.717) is 12.1 Å². The second kappa shape index (κ2) is 7.60. The fourth-order valence-electron chi connectivity index (χ4n) is 3.78. The average Bonchev–Trinajstić information content (AvgIpc) is 3.19. The van der Waals surface area contributed by atoms with Gasteiger partial charge in [0.05, 0.1) is 25.2 Å². The molecule has 0 radical (unpaired) electrons. The number of imidazole rings is 1. The number of ether oxygens (including phenoxy) is 2. The van der Waals surface area contributed by atoms with E-state index in [0.717, 1.165) is 5.69 Å². The van der Waals surface area contributed by atoms with E-state index in [4.69, 9.17) is 9.47 Å². The quantitative estimate of drug-likeness (QED) is 0.677. The molecule has 1 aromatic heterocycles. The molecule has 0 saturated heterocycles. The fraction of sp³-hybridized carbons (Fsp3) is 0.478. The fourth-order valence-corrected chi connectivity index (χ4v) is 3.78. The molecule has 1 fully saturated rings. The van der Waals surface area contributed by atoms with E-state index >= 15 is 0 Å². The Kier molecular flexibility index (Phi) is 5.46. The van der Waals surface area contributed by atoms with Crippen LogP contribution in [-0.4, -0.2) is 34.2 Å². The van der Waals surface area contributed by atoms with Crippen LogP contribution in [0.25, 0.3) is 5.69 Å². The van der Waals surface area contributed by atoms with Gasteiger partial charge in [0.15, 0.2) is 5.41 Å². The largest absolute Gasteiger partial charge is 0.468 e. The summed E-state index contributed by atoms with van der Waals surface area (Å²) in [6, 6.07) is 11.7. The molecule has 30 heavy (non-hydrogen) atoms. The molecule has 1 heterocycles. The minimum atomic E-state index is -1.37. The van der Waals surface area contributed by atoms with Crippen molar-refractivity contribution < 1.29 is 19.1 Å². The number of aromatic nitrogens is 2. The Bertz CT molecular complexity index is 986. The normalized spacial score (nSPS) is 22.5. The molecule has 1 aliphatic rings. The smallest absolute Gasteiger partial charge is 0.326 e. The van der Waals surface area contributed by atoms with E-state index in [-0.39, 0.29) is 12.3 Å². The number of methoxy groups -OCH3 is 1. The van der Waals surface area contributed by atoms with Crippen molar-refractivity contribution in [2.75, 3.05) is 7.11 Å². The Balaban J connectivity index is 1.87. The Morgan fingerprint density at radius 2 is 1.93 bits per heavy atom. The van der Waals surface area contributed by atoms with Crippen LogP contribution in [0.1, 0.15) is 46.2 Å². The molecule has 7 heteroatoms. The van der Waals surface area contributed by atoms with E-state index in [1.807, 2.05) is 41.1 Å². The number of para-hydroxylation sites is 1. The van der Waals surface area contributed by atoms with Gasteiger partial charge in [-0.2, -0.15) is 5.26 Å². The first-order chi connectivity index (χ1) is 14.1. The molecule has 1 unspecified atom stereocenters. The molecular formula is C23H27N3O4. The van der Waals surface area contributed by atoms with Crippen LogP contribution in [0.4, 0.5) is 0 Å². The number of nitriles is 1. The van der Waals surface area contributed by atoms with Crippen molar-refractivity contribution in [3.63, 3.8) is 0 Å². The number of rotatable bonds is 6. The third-order valence-electron chi connectivity index (χ3n) is 5.50. The van der Waals surface area contributed by atoms with Gasteiger partial charge < -0.3 is 14.0 Å². The lowest BCUT2D eigenvalue weighted by atomic mass is 9.83. The van der Waals surface area contributed by atoms with Crippen LogP contribution in [0.5, 0.6) is 0 Å². The highest BCUT2D eigenvalue weighted by molar-refractivity contribution is 5.87. The van der Waals surface area contributed by atoms with Crippen molar-refractivity contribution in [3.8, 4) is 11.8 Å². The van der Waals surface area contributed by atoms with Crippen molar-refractivity contribution in [1.82, 2.24) is 9.55 Å². The third kappa shape index (κ3) is 3.95. The van der Waals surface area contributed by atoms with Gasteiger partial charge in [-0.1, -0.05) is 18.2 Å². The van der Waals surface area contributed by atoms with Crippen molar-refractivity contribution >= 4 is 11.9 Å². The van der Waals surface area contributed by atoms with E-state index in [1.54, 1.807) is 34.0 Å². The van der Waals surface area contributed by atoms with Gasteiger partial charge in [-0.05, 0) is 58.6 Å². The zero-order chi connectivity index (χ0) is 22.2. The molecule has 0 bridgehead atoms. The number of benzene rings is 1. The van der Waals surface area contributed by atoms with E-state index in [1.165, 1.54) is 7.11 Å². The Hall–Kier alpha value is -3.14. The van der Waals surface area contributed by atoms with Crippen LogP contribution >= 0.6 is 0 Å². The zero-order valence-electron chi connectivity index (χ0n) is 18.0. The number of hydrogen-bond acceptors (Lipinski definition) is 6. The zero-order valence-corrected chi connectivity index (χ0v) is 18.0.